The van der Waals surface area contributed by atoms with Gasteiger partial charge in [-0.1, -0.05) is 36.2 Å². The summed E-state index contributed by atoms with van der Waals surface area (Å²) in [4.78, 5) is 2.54. The molecule has 1 unspecified atom stereocenters. The molecule has 2 heteroatoms. The van der Waals surface area contributed by atoms with E-state index in [4.69, 9.17) is 5.73 Å². The van der Waals surface area contributed by atoms with E-state index in [0.717, 1.165) is 24.9 Å². The Hall–Kier alpha value is -0.860. The number of hydrogen-bond donors (Lipinski definition) is 1. The van der Waals surface area contributed by atoms with Crippen LogP contribution in [0.1, 0.15) is 61.8 Å². The van der Waals surface area contributed by atoms with Crippen LogP contribution in [0, 0.1) is 19.8 Å². The average molecular weight is 288 g/mol. The summed E-state index contributed by atoms with van der Waals surface area (Å²) in [6, 6.07) is 7.62. The quantitative estimate of drug-likeness (QED) is 0.879. The van der Waals surface area contributed by atoms with Gasteiger partial charge in [-0.25, -0.2) is 0 Å². The SMILES string of the molecule is Cc1cc(C)cc(C(N)CCN(C)C2CCC(C)CC2)c1. The van der Waals surface area contributed by atoms with Gasteiger partial charge in [0, 0.05) is 12.1 Å². The fourth-order valence-electron chi connectivity index (χ4n) is 3.60. The van der Waals surface area contributed by atoms with Gasteiger partial charge in [-0.3, -0.25) is 0 Å². The molecule has 0 amide bonds. The van der Waals surface area contributed by atoms with Gasteiger partial charge >= 0.3 is 0 Å². The maximum Gasteiger partial charge on any atom is 0.0307 e. The first-order valence-electron chi connectivity index (χ1n) is 8.49. The minimum atomic E-state index is 0.161. The van der Waals surface area contributed by atoms with Crippen LogP contribution in [-0.2, 0) is 0 Å². The van der Waals surface area contributed by atoms with Crippen LogP contribution in [0.5, 0.6) is 0 Å². The number of nitrogens with two attached hydrogens (primary N) is 1. The standard InChI is InChI=1S/C19H32N2/c1-14-5-7-18(8-6-14)21(4)10-9-19(20)17-12-15(2)11-16(3)13-17/h11-14,18-19H,5-10,20H2,1-4H3. The summed E-state index contributed by atoms with van der Waals surface area (Å²) in [5.41, 5.74) is 10.3. The summed E-state index contributed by atoms with van der Waals surface area (Å²) >= 11 is 0. The maximum absolute atomic E-state index is 6.41. The summed E-state index contributed by atoms with van der Waals surface area (Å²) in [6.07, 6.45) is 6.54. The third kappa shape index (κ3) is 4.82. The molecule has 0 bridgehead atoms. The van der Waals surface area contributed by atoms with Crippen molar-refractivity contribution in [2.75, 3.05) is 13.6 Å². The topological polar surface area (TPSA) is 29.3 Å². The molecule has 0 aromatic heterocycles. The number of nitrogens with zero attached hydrogens (tertiary/aromatic N) is 1. The first kappa shape index (κ1) is 16.5. The van der Waals surface area contributed by atoms with Gasteiger partial charge in [0.2, 0.25) is 0 Å². The molecular formula is C19H32N2. The highest BCUT2D eigenvalue weighted by molar-refractivity contribution is 5.30. The van der Waals surface area contributed by atoms with Crippen LogP contribution >= 0.6 is 0 Å². The van der Waals surface area contributed by atoms with E-state index < -0.39 is 0 Å². The fourth-order valence-corrected chi connectivity index (χ4v) is 3.60. The molecule has 1 fully saturated rings. The van der Waals surface area contributed by atoms with Crippen molar-refractivity contribution in [1.29, 1.82) is 0 Å². The summed E-state index contributed by atoms with van der Waals surface area (Å²) in [5, 5.41) is 0. The molecule has 1 aromatic carbocycles. The second-order valence-corrected chi connectivity index (χ2v) is 7.21. The maximum atomic E-state index is 6.41. The van der Waals surface area contributed by atoms with Gasteiger partial charge in [-0.15, -0.1) is 0 Å². The molecule has 0 radical (unpaired) electrons. The van der Waals surface area contributed by atoms with Gasteiger partial charge in [0.15, 0.2) is 0 Å². The van der Waals surface area contributed by atoms with E-state index in [2.05, 4.69) is 50.9 Å². The number of benzene rings is 1. The van der Waals surface area contributed by atoms with Gasteiger partial charge in [-0.05, 0) is 71.0 Å². The van der Waals surface area contributed by atoms with Gasteiger partial charge in [0.05, 0.1) is 0 Å². The second kappa shape index (κ2) is 7.42. The molecule has 1 aromatic rings. The predicted octanol–water partition coefficient (Wildman–Crippen LogP) is 4.20. The van der Waals surface area contributed by atoms with Crippen LogP contribution in [0.15, 0.2) is 18.2 Å². The first-order chi connectivity index (χ1) is 9.95. The average Bonchev–Trinajstić information content (AvgIpc) is 2.44. The van der Waals surface area contributed by atoms with Gasteiger partial charge < -0.3 is 10.6 Å². The van der Waals surface area contributed by atoms with Crippen LogP contribution in [0.4, 0.5) is 0 Å². The van der Waals surface area contributed by atoms with E-state index in [-0.39, 0.29) is 6.04 Å². The van der Waals surface area contributed by atoms with Crippen molar-refractivity contribution >= 4 is 0 Å². The van der Waals surface area contributed by atoms with Crippen LogP contribution in [0.3, 0.4) is 0 Å². The summed E-state index contributed by atoms with van der Waals surface area (Å²) in [7, 11) is 2.27. The molecule has 0 saturated heterocycles. The van der Waals surface area contributed by atoms with Crippen molar-refractivity contribution < 1.29 is 0 Å². The van der Waals surface area contributed by atoms with Crippen molar-refractivity contribution in [3.05, 3.63) is 34.9 Å². The molecule has 1 atom stereocenters. The Labute approximate surface area is 130 Å². The van der Waals surface area contributed by atoms with Crippen molar-refractivity contribution in [3.8, 4) is 0 Å². The first-order valence-corrected chi connectivity index (χ1v) is 8.49. The zero-order valence-corrected chi connectivity index (χ0v) is 14.2. The van der Waals surface area contributed by atoms with Crippen molar-refractivity contribution in [2.45, 2.75) is 65.0 Å². The lowest BCUT2D eigenvalue weighted by atomic mass is 9.86. The third-order valence-corrected chi connectivity index (χ3v) is 5.07. The summed E-state index contributed by atoms with van der Waals surface area (Å²) in [5.74, 6) is 0.923. The highest BCUT2D eigenvalue weighted by atomic mass is 15.1. The number of rotatable bonds is 5. The van der Waals surface area contributed by atoms with Crippen LogP contribution in [0.2, 0.25) is 0 Å². The Morgan fingerprint density at radius 2 is 1.67 bits per heavy atom. The molecule has 2 N–H and O–H groups in total. The summed E-state index contributed by atoms with van der Waals surface area (Å²) in [6.45, 7) is 7.79. The molecule has 2 rings (SSSR count). The van der Waals surface area contributed by atoms with Crippen LogP contribution < -0.4 is 5.73 Å². The van der Waals surface area contributed by atoms with Crippen molar-refractivity contribution in [3.63, 3.8) is 0 Å². The van der Waals surface area contributed by atoms with Crippen molar-refractivity contribution in [2.24, 2.45) is 11.7 Å². The highest BCUT2D eigenvalue weighted by Gasteiger charge is 2.21. The molecular weight excluding hydrogens is 256 g/mol. The van der Waals surface area contributed by atoms with E-state index in [1.54, 1.807) is 0 Å². The molecule has 1 saturated carbocycles. The Bertz CT molecular complexity index is 427. The van der Waals surface area contributed by atoms with E-state index in [9.17, 15) is 0 Å². The van der Waals surface area contributed by atoms with Crippen LogP contribution in [-0.4, -0.2) is 24.5 Å². The lowest BCUT2D eigenvalue weighted by molar-refractivity contribution is 0.166. The largest absolute Gasteiger partial charge is 0.324 e. The Balaban J connectivity index is 1.84. The molecule has 2 nitrogen and oxygen atoms in total. The number of hydrogen-bond acceptors (Lipinski definition) is 2. The monoisotopic (exact) mass is 288 g/mol. The third-order valence-electron chi connectivity index (χ3n) is 5.07. The number of aryl methyl sites for hydroxylation is 2. The molecule has 0 aliphatic heterocycles. The van der Waals surface area contributed by atoms with Gasteiger partial charge in [0.1, 0.15) is 0 Å². The lowest BCUT2D eigenvalue weighted by Crippen LogP contribution is -2.36. The lowest BCUT2D eigenvalue weighted by Gasteiger charge is -2.34. The van der Waals surface area contributed by atoms with E-state index in [0.29, 0.717) is 0 Å². The molecule has 1 aliphatic carbocycles. The van der Waals surface area contributed by atoms with E-state index in [1.807, 2.05) is 0 Å². The fraction of sp³-hybridized carbons (Fsp3) is 0.684. The van der Waals surface area contributed by atoms with E-state index >= 15 is 0 Å². The van der Waals surface area contributed by atoms with E-state index in [1.165, 1.54) is 42.4 Å². The minimum absolute atomic E-state index is 0.161. The second-order valence-electron chi connectivity index (χ2n) is 7.21. The normalized spacial score (nSPS) is 24.3. The molecule has 0 heterocycles. The Morgan fingerprint density at radius 3 is 2.24 bits per heavy atom. The molecule has 0 spiro atoms. The molecule has 1 aliphatic rings. The molecule has 118 valence electrons. The van der Waals surface area contributed by atoms with Crippen LogP contribution in [0.25, 0.3) is 0 Å². The Morgan fingerprint density at radius 1 is 1.10 bits per heavy atom. The minimum Gasteiger partial charge on any atom is -0.324 e. The zero-order chi connectivity index (χ0) is 15.4. The molecule has 21 heavy (non-hydrogen) atoms. The Kier molecular flexibility index (Phi) is 5.83. The highest BCUT2D eigenvalue weighted by Crippen LogP contribution is 2.27. The van der Waals surface area contributed by atoms with Crippen molar-refractivity contribution in [1.82, 2.24) is 4.90 Å². The summed E-state index contributed by atoms with van der Waals surface area (Å²) < 4.78 is 0. The smallest absolute Gasteiger partial charge is 0.0307 e. The predicted molar refractivity (Wildman–Crippen MR) is 91.5 cm³/mol. The van der Waals surface area contributed by atoms with Gasteiger partial charge in [-0.2, -0.15) is 0 Å². The zero-order valence-electron chi connectivity index (χ0n) is 14.2. The van der Waals surface area contributed by atoms with Gasteiger partial charge in [0.25, 0.3) is 0 Å².